The molecule has 0 amide bonds. The fourth-order valence-corrected chi connectivity index (χ4v) is 5.68. The van der Waals surface area contributed by atoms with Crippen molar-refractivity contribution in [3.8, 4) is 0 Å². The molecule has 0 radical (unpaired) electrons. The second kappa shape index (κ2) is 6.90. The van der Waals surface area contributed by atoms with Gasteiger partial charge in [-0.1, -0.05) is 6.92 Å². The lowest BCUT2D eigenvalue weighted by molar-refractivity contribution is 0.599. The molecule has 1 N–H and O–H groups in total. The minimum atomic E-state index is 0.260. The Kier molecular flexibility index (Phi) is 5.15. The van der Waals surface area contributed by atoms with E-state index in [9.17, 15) is 0 Å². The van der Waals surface area contributed by atoms with Crippen molar-refractivity contribution in [3.05, 3.63) is 35.9 Å². The lowest BCUT2D eigenvalue weighted by Gasteiger charge is -2.14. The normalized spacial score (nSPS) is 16.0. The van der Waals surface area contributed by atoms with Gasteiger partial charge in [0, 0.05) is 19.1 Å². The van der Waals surface area contributed by atoms with Crippen LogP contribution in [0.2, 0.25) is 0 Å². The first-order valence-corrected chi connectivity index (χ1v) is 10.1. The molecule has 1 atom stereocenters. The van der Waals surface area contributed by atoms with Crippen molar-refractivity contribution in [1.82, 2.24) is 10.3 Å². The summed E-state index contributed by atoms with van der Waals surface area (Å²) in [6.07, 6.45) is 6.16. The molecule has 1 aliphatic carbocycles. The Labute approximate surface area is 143 Å². The SMILES string of the molecule is CCCNC(c1cc(Br)c(C)s1)c1nc2c(s1)CCCC2. The first kappa shape index (κ1) is 15.7. The zero-order valence-corrected chi connectivity index (χ0v) is 15.8. The van der Waals surface area contributed by atoms with E-state index in [4.69, 9.17) is 4.98 Å². The summed E-state index contributed by atoms with van der Waals surface area (Å²) < 4.78 is 1.21. The predicted molar refractivity (Wildman–Crippen MR) is 95.6 cm³/mol. The summed E-state index contributed by atoms with van der Waals surface area (Å²) in [7, 11) is 0. The van der Waals surface area contributed by atoms with Crippen LogP contribution in [0.1, 0.15) is 57.6 Å². The highest BCUT2D eigenvalue weighted by molar-refractivity contribution is 9.10. The molecule has 0 spiro atoms. The molecule has 2 heterocycles. The van der Waals surface area contributed by atoms with Gasteiger partial charge < -0.3 is 5.32 Å². The summed E-state index contributed by atoms with van der Waals surface area (Å²) in [6.45, 7) is 5.41. The van der Waals surface area contributed by atoms with Gasteiger partial charge in [0.25, 0.3) is 0 Å². The second-order valence-electron chi connectivity index (χ2n) is 5.57. The van der Waals surface area contributed by atoms with Gasteiger partial charge in [-0.25, -0.2) is 4.98 Å². The van der Waals surface area contributed by atoms with Crippen LogP contribution >= 0.6 is 38.6 Å². The molecule has 114 valence electrons. The van der Waals surface area contributed by atoms with E-state index >= 15 is 0 Å². The molecule has 0 saturated heterocycles. The number of rotatable bonds is 5. The minimum absolute atomic E-state index is 0.260. The number of thiophene rings is 1. The van der Waals surface area contributed by atoms with E-state index < -0.39 is 0 Å². The molecule has 0 fully saturated rings. The fraction of sp³-hybridized carbons (Fsp3) is 0.562. The molecule has 0 aliphatic heterocycles. The minimum Gasteiger partial charge on any atom is -0.304 e. The van der Waals surface area contributed by atoms with Crippen LogP contribution in [0.3, 0.4) is 0 Å². The Balaban J connectivity index is 1.92. The highest BCUT2D eigenvalue weighted by Crippen LogP contribution is 2.37. The first-order valence-electron chi connectivity index (χ1n) is 7.66. The number of nitrogens with zero attached hydrogens (tertiary/aromatic N) is 1. The maximum atomic E-state index is 4.97. The molecule has 0 aromatic carbocycles. The summed E-state index contributed by atoms with van der Waals surface area (Å²) in [6, 6.07) is 2.52. The molecule has 0 saturated carbocycles. The summed E-state index contributed by atoms with van der Waals surface area (Å²) in [5.74, 6) is 0. The van der Waals surface area contributed by atoms with Crippen molar-refractivity contribution < 1.29 is 0 Å². The molecule has 1 unspecified atom stereocenters. The Hall–Kier alpha value is -0.230. The molecule has 0 bridgehead atoms. The Morgan fingerprint density at radius 1 is 1.33 bits per heavy atom. The van der Waals surface area contributed by atoms with Crippen molar-refractivity contribution in [1.29, 1.82) is 0 Å². The van der Waals surface area contributed by atoms with Crippen LogP contribution in [-0.4, -0.2) is 11.5 Å². The van der Waals surface area contributed by atoms with E-state index in [1.807, 2.05) is 22.7 Å². The maximum absolute atomic E-state index is 4.97. The zero-order chi connectivity index (χ0) is 14.8. The average molecular weight is 385 g/mol. The molecule has 3 rings (SSSR count). The van der Waals surface area contributed by atoms with E-state index in [0.717, 1.165) is 13.0 Å². The molecule has 21 heavy (non-hydrogen) atoms. The van der Waals surface area contributed by atoms with Crippen molar-refractivity contribution >= 4 is 38.6 Å². The number of nitrogens with one attached hydrogen (secondary N) is 1. The number of hydrogen-bond acceptors (Lipinski definition) is 4. The molecule has 2 aromatic rings. The highest BCUT2D eigenvalue weighted by atomic mass is 79.9. The van der Waals surface area contributed by atoms with Crippen LogP contribution in [0.4, 0.5) is 0 Å². The molecule has 1 aliphatic rings. The Bertz CT molecular complexity index is 575. The number of aromatic nitrogens is 1. The Morgan fingerprint density at radius 2 is 2.14 bits per heavy atom. The quantitative estimate of drug-likeness (QED) is 0.761. The molecular formula is C16H21BrN2S2. The monoisotopic (exact) mass is 384 g/mol. The molecule has 2 aromatic heterocycles. The van der Waals surface area contributed by atoms with Gasteiger partial charge >= 0.3 is 0 Å². The lowest BCUT2D eigenvalue weighted by Crippen LogP contribution is -2.22. The van der Waals surface area contributed by atoms with Crippen LogP contribution in [0.15, 0.2) is 10.5 Å². The fourth-order valence-electron chi connectivity index (χ4n) is 2.72. The predicted octanol–water partition coefficient (Wildman–Crippen LogP) is 5.24. The maximum Gasteiger partial charge on any atom is 0.115 e. The van der Waals surface area contributed by atoms with Crippen LogP contribution in [0.25, 0.3) is 0 Å². The van der Waals surface area contributed by atoms with Gasteiger partial charge in [-0.3, -0.25) is 0 Å². The van der Waals surface area contributed by atoms with Crippen molar-refractivity contribution in [2.75, 3.05) is 6.54 Å². The van der Waals surface area contributed by atoms with E-state index in [1.54, 1.807) is 0 Å². The summed E-state index contributed by atoms with van der Waals surface area (Å²) in [5, 5.41) is 4.94. The van der Waals surface area contributed by atoms with Crippen LogP contribution < -0.4 is 5.32 Å². The van der Waals surface area contributed by atoms with Gasteiger partial charge in [0.1, 0.15) is 5.01 Å². The number of hydrogen-bond donors (Lipinski definition) is 1. The molecular weight excluding hydrogens is 364 g/mol. The van der Waals surface area contributed by atoms with E-state index in [1.165, 1.54) is 55.5 Å². The van der Waals surface area contributed by atoms with Crippen LogP contribution in [-0.2, 0) is 12.8 Å². The van der Waals surface area contributed by atoms with Gasteiger partial charge in [0.05, 0.1) is 11.7 Å². The summed E-state index contributed by atoms with van der Waals surface area (Å²) in [4.78, 5) is 9.20. The summed E-state index contributed by atoms with van der Waals surface area (Å²) in [5.41, 5.74) is 1.36. The van der Waals surface area contributed by atoms with Gasteiger partial charge in [-0.2, -0.15) is 0 Å². The number of fused-ring (bicyclic) bond motifs is 1. The zero-order valence-electron chi connectivity index (χ0n) is 12.5. The topological polar surface area (TPSA) is 24.9 Å². The lowest BCUT2D eigenvalue weighted by atomic mass is 10.0. The van der Waals surface area contributed by atoms with E-state index in [0.29, 0.717) is 0 Å². The molecule has 2 nitrogen and oxygen atoms in total. The van der Waals surface area contributed by atoms with Gasteiger partial charge in [0.15, 0.2) is 0 Å². The molecule has 5 heteroatoms. The Morgan fingerprint density at radius 3 is 2.81 bits per heavy atom. The van der Waals surface area contributed by atoms with E-state index in [2.05, 4.69) is 41.2 Å². The third kappa shape index (κ3) is 3.41. The van der Waals surface area contributed by atoms with Gasteiger partial charge in [-0.05, 0) is 67.6 Å². The van der Waals surface area contributed by atoms with Crippen molar-refractivity contribution in [3.63, 3.8) is 0 Å². The third-order valence-corrected chi connectivity index (χ3v) is 7.29. The van der Waals surface area contributed by atoms with E-state index in [-0.39, 0.29) is 6.04 Å². The third-order valence-electron chi connectivity index (χ3n) is 3.87. The van der Waals surface area contributed by atoms with Crippen molar-refractivity contribution in [2.24, 2.45) is 0 Å². The number of thiazole rings is 1. The van der Waals surface area contributed by atoms with Gasteiger partial charge in [0.2, 0.25) is 0 Å². The van der Waals surface area contributed by atoms with Crippen LogP contribution in [0.5, 0.6) is 0 Å². The van der Waals surface area contributed by atoms with Crippen LogP contribution in [0, 0.1) is 6.92 Å². The second-order valence-corrected chi connectivity index (χ2v) is 8.83. The number of aryl methyl sites for hydroxylation is 3. The average Bonchev–Trinajstić information content (AvgIpc) is 3.04. The standard InChI is InChI=1S/C16H21BrN2S2/c1-3-8-18-15(14-9-11(17)10(2)20-14)16-19-12-6-4-5-7-13(12)21-16/h9,15,18H,3-8H2,1-2H3. The summed E-state index contributed by atoms with van der Waals surface area (Å²) >= 11 is 7.44. The largest absolute Gasteiger partial charge is 0.304 e. The smallest absolute Gasteiger partial charge is 0.115 e. The van der Waals surface area contributed by atoms with Gasteiger partial charge in [-0.15, -0.1) is 22.7 Å². The number of halogens is 1. The van der Waals surface area contributed by atoms with Crippen molar-refractivity contribution in [2.45, 2.75) is 52.0 Å². The first-order chi connectivity index (χ1) is 10.2. The highest BCUT2D eigenvalue weighted by Gasteiger charge is 2.23.